The van der Waals surface area contributed by atoms with E-state index in [9.17, 15) is 9.59 Å². The molecule has 4 aromatic rings. The van der Waals surface area contributed by atoms with Gasteiger partial charge in [-0.1, -0.05) is 42.5 Å². The van der Waals surface area contributed by atoms with E-state index < -0.39 is 6.04 Å². The summed E-state index contributed by atoms with van der Waals surface area (Å²) in [6.07, 6.45) is 3.55. The first kappa shape index (κ1) is 18.7. The standard InChI is InChI=1S/C22H23N5O2/c1-3-26-17-11-7-8-12-18(17)27(22(26)29)15-19(28)24-20(16-9-5-4-6-10-16)21-23-13-14-25(21)2/h4-14,20H,3,15H2,1-2H3,(H,24,28)/t20-/m0/s1. The number of fused-ring (bicyclic) bond motifs is 1. The summed E-state index contributed by atoms with van der Waals surface area (Å²) in [4.78, 5) is 30.2. The van der Waals surface area contributed by atoms with Gasteiger partial charge in [-0.05, 0) is 24.6 Å². The van der Waals surface area contributed by atoms with Gasteiger partial charge in [0.1, 0.15) is 18.4 Å². The highest BCUT2D eigenvalue weighted by Gasteiger charge is 2.22. The molecule has 0 aliphatic carbocycles. The first-order valence-electron chi connectivity index (χ1n) is 9.59. The molecule has 0 aliphatic rings. The molecular weight excluding hydrogens is 366 g/mol. The number of nitrogens with zero attached hydrogens (tertiary/aromatic N) is 4. The third kappa shape index (κ3) is 3.47. The number of aromatic nitrogens is 4. The van der Waals surface area contributed by atoms with Crippen molar-refractivity contribution in [2.75, 3.05) is 0 Å². The Morgan fingerprint density at radius 2 is 1.69 bits per heavy atom. The molecule has 0 saturated carbocycles. The Hall–Kier alpha value is -3.61. The lowest BCUT2D eigenvalue weighted by Crippen LogP contribution is -2.36. The molecule has 2 aromatic carbocycles. The maximum absolute atomic E-state index is 13.0. The van der Waals surface area contributed by atoms with E-state index in [0.717, 1.165) is 22.4 Å². The molecule has 7 nitrogen and oxygen atoms in total. The Morgan fingerprint density at radius 1 is 1.03 bits per heavy atom. The average molecular weight is 389 g/mol. The number of hydrogen-bond donors (Lipinski definition) is 1. The molecule has 0 aliphatic heterocycles. The molecule has 1 atom stereocenters. The number of amides is 1. The second-order valence-electron chi connectivity index (χ2n) is 6.91. The quantitative estimate of drug-likeness (QED) is 0.551. The van der Waals surface area contributed by atoms with Crippen molar-refractivity contribution in [2.45, 2.75) is 26.1 Å². The van der Waals surface area contributed by atoms with Crippen LogP contribution in [0.15, 0.2) is 71.8 Å². The summed E-state index contributed by atoms with van der Waals surface area (Å²) in [5.41, 5.74) is 2.33. The Morgan fingerprint density at radius 3 is 2.31 bits per heavy atom. The van der Waals surface area contributed by atoms with Crippen LogP contribution < -0.4 is 11.0 Å². The molecule has 0 saturated heterocycles. The fraction of sp³-hybridized carbons (Fsp3) is 0.227. The van der Waals surface area contributed by atoms with Crippen molar-refractivity contribution in [3.63, 3.8) is 0 Å². The predicted molar refractivity (Wildman–Crippen MR) is 112 cm³/mol. The highest BCUT2D eigenvalue weighted by Crippen LogP contribution is 2.20. The summed E-state index contributed by atoms with van der Waals surface area (Å²) in [6, 6.07) is 16.8. The Bertz CT molecular complexity index is 1200. The minimum absolute atomic E-state index is 0.0555. The summed E-state index contributed by atoms with van der Waals surface area (Å²) >= 11 is 0. The van der Waals surface area contributed by atoms with Gasteiger partial charge < -0.3 is 9.88 Å². The van der Waals surface area contributed by atoms with Crippen molar-refractivity contribution >= 4 is 16.9 Å². The highest BCUT2D eigenvalue weighted by molar-refractivity contribution is 5.81. The molecule has 0 unspecified atom stereocenters. The van der Waals surface area contributed by atoms with E-state index in [0.29, 0.717) is 6.54 Å². The molecule has 7 heteroatoms. The van der Waals surface area contributed by atoms with E-state index in [1.807, 2.05) is 79.3 Å². The second kappa shape index (κ2) is 7.79. The Labute approximate surface area is 168 Å². The Balaban J connectivity index is 1.67. The van der Waals surface area contributed by atoms with E-state index in [1.165, 1.54) is 4.57 Å². The molecule has 4 rings (SSSR count). The summed E-state index contributed by atoms with van der Waals surface area (Å²) in [7, 11) is 1.89. The van der Waals surface area contributed by atoms with E-state index in [1.54, 1.807) is 10.8 Å². The second-order valence-corrected chi connectivity index (χ2v) is 6.91. The zero-order valence-corrected chi connectivity index (χ0v) is 16.4. The molecule has 1 N–H and O–H groups in total. The van der Waals surface area contributed by atoms with Crippen LogP contribution in [0.1, 0.15) is 24.4 Å². The van der Waals surface area contributed by atoms with Crippen LogP contribution in [0, 0.1) is 0 Å². The van der Waals surface area contributed by atoms with Gasteiger partial charge in [0.2, 0.25) is 5.91 Å². The first-order valence-corrected chi connectivity index (χ1v) is 9.59. The van der Waals surface area contributed by atoms with Crippen molar-refractivity contribution in [1.82, 2.24) is 24.0 Å². The van der Waals surface area contributed by atoms with E-state index in [-0.39, 0.29) is 18.1 Å². The van der Waals surface area contributed by atoms with Gasteiger partial charge in [0.25, 0.3) is 0 Å². The van der Waals surface area contributed by atoms with Crippen LogP contribution in [-0.4, -0.2) is 24.6 Å². The van der Waals surface area contributed by atoms with Gasteiger partial charge in [-0.3, -0.25) is 13.9 Å². The lowest BCUT2D eigenvalue weighted by Gasteiger charge is -2.19. The number of carbonyl (C=O) groups is 1. The third-order valence-corrected chi connectivity index (χ3v) is 5.10. The van der Waals surface area contributed by atoms with Crippen molar-refractivity contribution in [3.8, 4) is 0 Å². The molecule has 29 heavy (non-hydrogen) atoms. The zero-order valence-electron chi connectivity index (χ0n) is 16.4. The maximum Gasteiger partial charge on any atom is 0.329 e. The van der Waals surface area contributed by atoms with E-state index in [2.05, 4.69) is 10.3 Å². The fourth-order valence-corrected chi connectivity index (χ4v) is 3.68. The third-order valence-electron chi connectivity index (χ3n) is 5.10. The van der Waals surface area contributed by atoms with Crippen LogP contribution in [0.3, 0.4) is 0 Å². The number of nitrogens with one attached hydrogen (secondary N) is 1. The van der Waals surface area contributed by atoms with Gasteiger partial charge in [0.05, 0.1) is 11.0 Å². The van der Waals surface area contributed by atoms with Crippen LogP contribution >= 0.6 is 0 Å². The molecule has 2 aromatic heterocycles. The van der Waals surface area contributed by atoms with E-state index in [4.69, 9.17) is 0 Å². The van der Waals surface area contributed by atoms with Crippen molar-refractivity contribution < 1.29 is 4.79 Å². The summed E-state index contributed by atoms with van der Waals surface area (Å²) in [5, 5.41) is 3.05. The largest absolute Gasteiger partial charge is 0.341 e. The lowest BCUT2D eigenvalue weighted by atomic mass is 10.1. The summed E-state index contributed by atoms with van der Waals surface area (Å²) in [5.74, 6) is 0.482. The molecule has 0 radical (unpaired) electrons. The maximum atomic E-state index is 13.0. The van der Waals surface area contributed by atoms with Gasteiger partial charge in [-0.2, -0.15) is 0 Å². The molecule has 0 bridgehead atoms. The van der Waals surface area contributed by atoms with Gasteiger partial charge in [-0.15, -0.1) is 0 Å². The van der Waals surface area contributed by atoms with Crippen LogP contribution in [0.4, 0.5) is 0 Å². The first-order chi connectivity index (χ1) is 14.1. The number of benzene rings is 2. The normalized spacial score (nSPS) is 12.2. The van der Waals surface area contributed by atoms with Gasteiger partial charge in [-0.25, -0.2) is 9.78 Å². The Kier molecular flexibility index (Phi) is 5.03. The van der Waals surface area contributed by atoms with Gasteiger partial charge in [0, 0.05) is 26.0 Å². The molecule has 0 fully saturated rings. The van der Waals surface area contributed by atoms with E-state index >= 15 is 0 Å². The van der Waals surface area contributed by atoms with Gasteiger partial charge >= 0.3 is 5.69 Å². The van der Waals surface area contributed by atoms with Gasteiger partial charge in [0.15, 0.2) is 0 Å². The fourth-order valence-electron chi connectivity index (χ4n) is 3.68. The smallest absolute Gasteiger partial charge is 0.329 e. The number of para-hydroxylation sites is 2. The number of aryl methyl sites for hydroxylation is 2. The number of hydrogen-bond acceptors (Lipinski definition) is 3. The van der Waals surface area contributed by atoms with Crippen LogP contribution in [-0.2, 0) is 24.9 Å². The minimum atomic E-state index is -0.404. The number of rotatable bonds is 6. The average Bonchev–Trinajstić information content (AvgIpc) is 3.28. The van der Waals surface area contributed by atoms with Crippen LogP contribution in [0.2, 0.25) is 0 Å². The molecule has 1 amide bonds. The number of imidazole rings is 2. The van der Waals surface area contributed by atoms with Crippen LogP contribution in [0.25, 0.3) is 11.0 Å². The molecule has 148 valence electrons. The summed E-state index contributed by atoms with van der Waals surface area (Å²) in [6.45, 7) is 2.42. The highest BCUT2D eigenvalue weighted by atomic mass is 16.2. The SMILES string of the molecule is CCn1c(=O)n(CC(=O)N[C@@H](c2ccccc2)c2nccn2C)c2ccccc21. The minimum Gasteiger partial charge on any atom is -0.341 e. The predicted octanol–water partition coefficient (Wildman–Crippen LogP) is 2.46. The number of carbonyl (C=O) groups excluding carboxylic acids is 1. The molecular formula is C22H23N5O2. The molecule has 0 spiro atoms. The van der Waals surface area contributed by atoms with Crippen molar-refractivity contribution in [3.05, 3.63) is 88.9 Å². The monoisotopic (exact) mass is 389 g/mol. The van der Waals surface area contributed by atoms with Crippen LogP contribution in [0.5, 0.6) is 0 Å². The topological polar surface area (TPSA) is 73.8 Å². The lowest BCUT2D eigenvalue weighted by molar-refractivity contribution is -0.122. The zero-order chi connectivity index (χ0) is 20.4. The molecule has 2 heterocycles. The van der Waals surface area contributed by atoms with Crippen molar-refractivity contribution in [2.24, 2.45) is 7.05 Å². The summed E-state index contributed by atoms with van der Waals surface area (Å²) < 4.78 is 5.08. The van der Waals surface area contributed by atoms with Crippen molar-refractivity contribution in [1.29, 1.82) is 0 Å².